The number of thiazole rings is 1. The number of nitrogens with one attached hydrogen (secondary N) is 1. The molecule has 8 nitrogen and oxygen atoms in total. The van der Waals surface area contributed by atoms with Gasteiger partial charge in [-0.15, -0.1) is 0 Å². The summed E-state index contributed by atoms with van der Waals surface area (Å²) in [7, 11) is 0. The van der Waals surface area contributed by atoms with E-state index in [0.717, 1.165) is 21.9 Å². The van der Waals surface area contributed by atoms with Crippen molar-refractivity contribution in [2.75, 3.05) is 18.5 Å². The van der Waals surface area contributed by atoms with E-state index in [9.17, 15) is 9.59 Å². The minimum atomic E-state index is -0.360. The van der Waals surface area contributed by atoms with Crippen LogP contribution >= 0.6 is 11.3 Å². The van der Waals surface area contributed by atoms with E-state index in [1.54, 1.807) is 13.0 Å². The van der Waals surface area contributed by atoms with Gasteiger partial charge in [-0.3, -0.25) is 14.9 Å². The average Bonchev–Trinajstić information content (AvgIpc) is 3.34. The maximum Gasteiger partial charge on any atom is 0.279 e. The molecule has 1 N–H and O–H groups in total. The van der Waals surface area contributed by atoms with Gasteiger partial charge in [0.15, 0.2) is 10.8 Å². The first kappa shape index (κ1) is 20.1. The molecule has 4 rings (SSSR count). The third-order valence-electron chi connectivity index (χ3n) is 4.75. The van der Waals surface area contributed by atoms with Crippen LogP contribution in [0, 0.1) is 6.92 Å². The van der Waals surface area contributed by atoms with Crippen molar-refractivity contribution in [3.8, 4) is 5.75 Å². The molecule has 1 aliphatic heterocycles. The third-order valence-corrected chi connectivity index (χ3v) is 5.75. The van der Waals surface area contributed by atoms with Gasteiger partial charge in [-0.1, -0.05) is 28.6 Å². The van der Waals surface area contributed by atoms with Crippen molar-refractivity contribution < 1.29 is 18.8 Å². The van der Waals surface area contributed by atoms with Gasteiger partial charge in [-0.25, -0.2) is 4.98 Å². The fourth-order valence-electron chi connectivity index (χ4n) is 3.25. The molecule has 0 atom stereocenters. The summed E-state index contributed by atoms with van der Waals surface area (Å²) >= 11 is 1.39. The van der Waals surface area contributed by atoms with Crippen molar-refractivity contribution >= 4 is 28.3 Å². The molecule has 0 radical (unpaired) electrons. The quantitative estimate of drug-likeness (QED) is 0.650. The second kappa shape index (κ2) is 8.66. The molecule has 0 unspecified atom stereocenters. The Morgan fingerprint density at radius 1 is 1.30 bits per heavy atom. The van der Waals surface area contributed by atoms with Crippen LogP contribution in [-0.2, 0) is 24.2 Å². The molecule has 156 valence electrons. The van der Waals surface area contributed by atoms with Gasteiger partial charge < -0.3 is 14.2 Å². The Morgan fingerprint density at radius 3 is 2.80 bits per heavy atom. The molecule has 2 amide bonds. The molecule has 3 heterocycles. The maximum atomic E-state index is 12.8. The summed E-state index contributed by atoms with van der Waals surface area (Å²) in [6.45, 7) is 5.40. The van der Waals surface area contributed by atoms with Crippen molar-refractivity contribution in [1.82, 2.24) is 15.0 Å². The van der Waals surface area contributed by atoms with Gasteiger partial charge in [0.05, 0.1) is 25.3 Å². The lowest BCUT2D eigenvalue weighted by atomic mass is 10.1. The largest absolute Gasteiger partial charge is 0.494 e. The van der Waals surface area contributed by atoms with E-state index >= 15 is 0 Å². The van der Waals surface area contributed by atoms with Crippen LogP contribution in [0.4, 0.5) is 5.13 Å². The summed E-state index contributed by atoms with van der Waals surface area (Å²) in [5.74, 6) is 1.08. The zero-order chi connectivity index (χ0) is 21.1. The highest BCUT2D eigenvalue weighted by Gasteiger charge is 2.25. The molecule has 30 heavy (non-hydrogen) atoms. The third kappa shape index (κ3) is 4.51. The number of aryl methyl sites for hydroxylation is 1. The minimum Gasteiger partial charge on any atom is -0.494 e. The van der Waals surface area contributed by atoms with Crippen LogP contribution in [0.5, 0.6) is 5.75 Å². The van der Waals surface area contributed by atoms with E-state index in [1.165, 1.54) is 11.3 Å². The van der Waals surface area contributed by atoms with Crippen LogP contribution in [-0.4, -0.2) is 40.0 Å². The lowest BCUT2D eigenvalue weighted by molar-refractivity contribution is -0.131. The molecule has 0 spiro atoms. The molecule has 0 saturated carbocycles. The minimum absolute atomic E-state index is 0.0712. The summed E-state index contributed by atoms with van der Waals surface area (Å²) in [4.78, 5) is 32.3. The van der Waals surface area contributed by atoms with Gasteiger partial charge in [-0.05, 0) is 31.5 Å². The first-order chi connectivity index (χ1) is 14.5. The number of ether oxygens (including phenoxy) is 1. The number of hydrogen-bond acceptors (Lipinski definition) is 7. The molecule has 0 saturated heterocycles. The highest BCUT2D eigenvalue weighted by atomic mass is 32.1. The van der Waals surface area contributed by atoms with Crippen LogP contribution < -0.4 is 10.1 Å². The standard InChI is InChI=1S/C21H22N4O4S/c1-3-28-15-6-4-14(5-7-15)11-19(26)25-9-8-16-18(12-25)30-21(22-16)23-20(27)17-10-13(2)29-24-17/h4-7,10H,3,8-9,11-12H2,1-2H3,(H,22,23,27). The lowest BCUT2D eigenvalue weighted by Crippen LogP contribution is -2.36. The molecule has 3 aromatic rings. The van der Waals surface area contributed by atoms with E-state index in [-0.39, 0.29) is 17.5 Å². The Hall–Kier alpha value is -3.20. The Bertz CT molecular complexity index is 1060. The Kier molecular flexibility index (Phi) is 5.80. The van der Waals surface area contributed by atoms with Gasteiger partial charge >= 0.3 is 0 Å². The second-order valence-electron chi connectivity index (χ2n) is 6.98. The summed E-state index contributed by atoms with van der Waals surface area (Å²) < 4.78 is 10.4. The summed E-state index contributed by atoms with van der Waals surface area (Å²) in [5.41, 5.74) is 2.10. The van der Waals surface area contributed by atoms with Crippen molar-refractivity contribution in [1.29, 1.82) is 0 Å². The number of rotatable bonds is 6. The Morgan fingerprint density at radius 2 is 2.10 bits per heavy atom. The first-order valence-corrected chi connectivity index (χ1v) is 10.6. The summed E-state index contributed by atoms with van der Waals surface area (Å²) in [6, 6.07) is 9.18. The highest BCUT2D eigenvalue weighted by molar-refractivity contribution is 7.15. The van der Waals surface area contributed by atoms with E-state index in [1.807, 2.05) is 36.1 Å². The van der Waals surface area contributed by atoms with E-state index in [0.29, 0.717) is 43.4 Å². The number of hydrogen-bond donors (Lipinski definition) is 1. The van der Waals surface area contributed by atoms with Gasteiger partial charge in [0.25, 0.3) is 5.91 Å². The zero-order valence-corrected chi connectivity index (χ0v) is 17.6. The van der Waals surface area contributed by atoms with Crippen molar-refractivity contribution in [3.05, 3.63) is 57.9 Å². The number of benzene rings is 1. The van der Waals surface area contributed by atoms with E-state index < -0.39 is 0 Å². The highest BCUT2D eigenvalue weighted by Crippen LogP contribution is 2.29. The zero-order valence-electron chi connectivity index (χ0n) is 16.8. The van der Waals surface area contributed by atoms with Gasteiger partial charge in [0.1, 0.15) is 11.5 Å². The fourth-order valence-corrected chi connectivity index (χ4v) is 4.27. The number of fused-ring (bicyclic) bond motifs is 1. The SMILES string of the molecule is CCOc1ccc(CC(=O)N2CCc3nc(NC(=O)c4cc(C)on4)sc3C2)cc1. The molecule has 2 aromatic heterocycles. The number of nitrogens with zero attached hydrogens (tertiary/aromatic N) is 3. The summed E-state index contributed by atoms with van der Waals surface area (Å²) in [5, 5.41) is 6.98. The molecular formula is C21H22N4O4S. The number of aromatic nitrogens is 2. The Labute approximate surface area is 177 Å². The van der Waals surface area contributed by atoms with Gasteiger partial charge in [-0.2, -0.15) is 0 Å². The van der Waals surface area contributed by atoms with Crippen molar-refractivity contribution in [2.24, 2.45) is 0 Å². The normalized spacial score (nSPS) is 13.1. The average molecular weight is 426 g/mol. The molecule has 0 aliphatic carbocycles. The smallest absolute Gasteiger partial charge is 0.279 e. The number of amides is 2. The second-order valence-corrected chi connectivity index (χ2v) is 8.07. The van der Waals surface area contributed by atoms with Crippen LogP contribution in [0.15, 0.2) is 34.9 Å². The topological polar surface area (TPSA) is 97.6 Å². The predicted molar refractivity (Wildman–Crippen MR) is 112 cm³/mol. The van der Waals surface area contributed by atoms with Crippen LogP contribution in [0.25, 0.3) is 0 Å². The van der Waals surface area contributed by atoms with E-state index in [4.69, 9.17) is 9.26 Å². The van der Waals surface area contributed by atoms with Crippen molar-refractivity contribution in [3.63, 3.8) is 0 Å². The van der Waals surface area contributed by atoms with Gasteiger partial charge in [0.2, 0.25) is 5.91 Å². The first-order valence-electron chi connectivity index (χ1n) is 9.74. The predicted octanol–water partition coefficient (Wildman–Crippen LogP) is 3.22. The maximum absolute atomic E-state index is 12.8. The van der Waals surface area contributed by atoms with Crippen LogP contribution in [0.2, 0.25) is 0 Å². The summed E-state index contributed by atoms with van der Waals surface area (Å²) in [6.07, 6.45) is 1.01. The lowest BCUT2D eigenvalue weighted by Gasteiger charge is -2.26. The molecule has 9 heteroatoms. The number of anilines is 1. The Balaban J connectivity index is 1.37. The number of carbonyl (C=O) groups excluding carboxylic acids is 2. The van der Waals surface area contributed by atoms with Crippen LogP contribution in [0.1, 0.15) is 39.3 Å². The van der Waals surface area contributed by atoms with Gasteiger partial charge in [0, 0.05) is 23.9 Å². The molecular weight excluding hydrogens is 404 g/mol. The monoisotopic (exact) mass is 426 g/mol. The van der Waals surface area contributed by atoms with Crippen LogP contribution in [0.3, 0.4) is 0 Å². The fraction of sp³-hybridized carbons (Fsp3) is 0.333. The molecule has 0 bridgehead atoms. The molecule has 0 fully saturated rings. The molecule has 1 aliphatic rings. The van der Waals surface area contributed by atoms with Crippen molar-refractivity contribution in [2.45, 2.75) is 33.2 Å². The van der Waals surface area contributed by atoms with E-state index in [2.05, 4.69) is 15.5 Å². The number of carbonyl (C=O) groups is 2. The molecule has 1 aromatic carbocycles.